The molecule has 1 aromatic carbocycles. The number of benzene rings is 1. The van der Waals surface area contributed by atoms with E-state index in [1.807, 2.05) is 0 Å². The van der Waals surface area contributed by atoms with Crippen molar-refractivity contribution < 1.29 is 13.7 Å². The van der Waals surface area contributed by atoms with Crippen molar-refractivity contribution in [2.24, 2.45) is 0 Å². The van der Waals surface area contributed by atoms with Gasteiger partial charge in [-0.3, -0.25) is 10.1 Å². The first-order chi connectivity index (χ1) is 10.0. The van der Waals surface area contributed by atoms with Crippen molar-refractivity contribution in [2.75, 3.05) is 0 Å². The summed E-state index contributed by atoms with van der Waals surface area (Å²) >= 11 is 0. The van der Waals surface area contributed by atoms with E-state index in [1.165, 1.54) is 12.1 Å². The zero-order valence-corrected chi connectivity index (χ0v) is 10.5. The van der Waals surface area contributed by atoms with Crippen LogP contribution in [0.3, 0.4) is 0 Å². The minimum Gasteiger partial charge on any atom is -0.340 e. The molecule has 0 saturated heterocycles. The number of pyridine rings is 1. The zero-order valence-electron chi connectivity index (χ0n) is 10.5. The van der Waals surface area contributed by atoms with Crippen molar-refractivity contribution in [3.8, 4) is 0 Å². The van der Waals surface area contributed by atoms with E-state index >= 15 is 0 Å². The van der Waals surface area contributed by atoms with Crippen molar-refractivity contribution >= 4 is 16.9 Å². The minimum absolute atomic E-state index is 0.148. The Morgan fingerprint density at radius 1 is 1.24 bits per heavy atom. The van der Waals surface area contributed by atoms with E-state index < -0.39 is 16.6 Å². The highest BCUT2D eigenvalue weighted by Crippen LogP contribution is 2.18. The van der Waals surface area contributed by atoms with Crippen molar-refractivity contribution in [1.82, 2.24) is 15.0 Å². The summed E-state index contributed by atoms with van der Waals surface area (Å²) in [5.41, 5.74) is 1.13. The highest BCUT2D eigenvalue weighted by molar-refractivity contribution is 5.73. The van der Waals surface area contributed by atoms with Crippen molar-refractivity contribution in [2.45, 2.75) is 6.42 Å². The van der Waals surface area contributed by atoms with Crippen molar-refractivity contribution in [1.29, 1.82) is 0 Å². The van der Waals surface area contributed by atoms with Gasteiger partial charge < -0.3 is 4.98 Å². The number of nitrogens with zero attached hydrogens (tertiary/aromatic N) is 3. The van der Waals surface area contributed by atoms with E-state index in [1.54, 1.807) is 0 Å². The second kappa shape index (κ2) is 4.89. The van der Waals surface area contributed by atoms with E-state index in [4.69, 9.17) is 0 Å². The molecule has 2 heterocycles. The SMILES string of the molecule is O=[N+]([O-])c1cnc2nc(Cc3ccc(F)c(F)c3)[nH]c2c1. The molecule has 0 fully saturated rings. The third-order valence-corrected chi connectivity index (χ3v) is 2.94. The van der Waals surface area contributed by atoms with Crippen molar-refractivity contribution in [3.05, 3.63) is 63.6 Å². The number of H-pyrrole nitrogens is 1. The molecule has 21 heavy (non-hydrogen) atoms. The number of fused-ring (bicyclic) bond motifs is 1. The van der Waals surface area contributed by atoms with Gasteiger partial charge in [0.1, 0.15) is 12.0 Å². The number of aromatic nitrogens is 3. The molecule has 0 bridgehead atoms. The van der Waals surface area contributed by atoms with E-state index in [0.717, 1.165) is 18.3 Å². The second-order valence-electron chi connectivity index (χ2n) is 4.43. The number of aromatic amines is 1. The third kappa shape index (κ3) is 2.55. The minimum atomic E-state index is -0.933. The van der Waals surface area contributed by atoms with Crippen LogP contribution in [0.1, 0.15) is 11.4 Å². The fourth-order valence-corrected chi connectivity index (χ4v) is 1.97. The average Bonchev–Trinajstić information content (AvgIpc) is 2.84. The fourth-order valence-electron chi connectivity index (χ4n) is 1.97. The molecule has 2 aromatic heterocycles. The van der Waals surface area contributed by atoms with Crippen LogP contribution < -0.4 is 0 Å². The third-order valence-electron chi connectivity index (χ3n) is 2.94. The van der Waals surface area contributed by atoms with Gasteiger partial charge in [-0.15, -0.1) is 0 Å². The lowest BCUT2D eigenvalue weighted by molar-refractivity contribution is -0.385. The fraction of sp³-hybridized carbons (Fsp3) is 0.0769. The summed E-state index contributed by atoms with van der Waals surface area (Å²) in [4.78, 5) is 21.0. The second-order valence-corrected chi connectivity index (χ2v) is 4.43. The Kier molecular flexibility index (Phi) is 3.05. The number of nitro groups is 1. The normalized spacial score (nSPS) is 11.0. The molecule has 106 valence electrons. The summed E-state index contributed by atoms with van der Waals surface area (Å²) in [6, 6.07) is 4.89. The Balaban J connectivity index is 1.93. The molecular weight excluding hydrogens is 282 g/mol. The van der Waals surface area contributed by atoms with Crippen LogP contribution in [0, 0.1) is 21.7 Å². The molecule has 0 aliphatic rings. The molecule has 3 rings (SSSR count). The van der Waals surface area contributed by atoms with Gasteiger partial charge in [0.15, 0.2) is 17.3 Å². The summed E-state index contributed by atoms with van der Waals surface area (Å²) in [7, 11) is 0. The highest BCUT2D eigenvalue weighted by Gasteiger charge is 2.12. The number of halogens is 2. The molecule has 0 aliphatic heterocycles. The van der Waals surface area contributed by atoms with Gasteiger partial charge in [-0.05, 0) is 17.7 Å². The Morgan fingerprint density at radius 2 is 2.05 bits per heavy atom. The smallest absolute Gasteiger partial charge is 0.289 e. The van der Waals surface area contributed by atoms with Gasteiger partial charge in [0, 0.05) is 12.5 Å². The molecule has 0 spiro atoms. The summed E-state index contributed by atoms with van der Waals surface area (Å²) in [6.07, 6.45) is 1.35. The lowest BCUT2D eigenvalue weighted by Gasteiger charge is -1.99. The largest absolute Gasteiger partial charge is 0.340 e. The quantitative estimate of drug-likeness (QED) is 0.593. The van der Waals surface area contributed by atoms with E-state index in [9.17, 15) is 18.9 Å². The van der Waals surface area contributed by atoms with E-state index in [0.29, 0.717) is 22.6 Å². The van der Waals surface area contributed by atoms with Crippen LogP contribution in [0.15, 0.2) is 30.5 Å². The summed E-state index contributed by atoms with van der Waals surface area (Å²) in [5.74, 6) is -1.39. The molecule has 0 unspecified atom stereocenters. The van der Waals surface area contributed by atoms with Gasteiger partial charge in [-0.1, -0.05) is 6.07 Å². The maximum Gasteiger partial charge on any atom is 0.289 e. The van der Waals surface area contributed by atoms with Gasteiger partial charge in [0.25, 0.3) is 5.69 Å². The lowest BCUT2D eigenvalue weighted by atomic mass is 10.1. The van der Waals surface area contributed by atoms with Crippen molar-refractivity contribution in [3.63, 3.8) is 0 Å². The molecule has 3 aromatic rings. The molecule has 6 nitrogen and oxygen atoms in total. The topological polar surface area (TPSA) is 84.7 Å². The molecule has 1 N–H and O–H groups in total. The summed E-state index contributed by atoms with van der Waals surface area (Å²) in [6.45, 7) is 0. The molecule has 8 heteroatoms. The molecule has 0 saturated carbocycles. The zero-order chi connectivity index (χ0) is 15.0. The van der Waals surface area contributed by atoms with Crippen LogP contribution in [0.4, 0.5) is 14.5 Å². The Hall–Kier alpha value is -2.90. The van der Waals surface area contributed by atoms with Gasteiger partial charge >= 0.3 is 0 Å². The monoisotopic (exact) mass is 290 g/mol. The van der Waals surface area contributed by atoms with Gasteiger partial charge in [0.2, 0.25) is 0 Å². The van der Waals surface area contributed by atoms with Crippen LogP contribution in [0.2, 0.25) is 0 Å². The predicted octanol–water partition coefficient (Wildman–Crippen LogP) is 2.74. The van der Waals surface area contributed by atoms with Gasteiger partial charge in [-0.25, -0.2) is 18.7 Å². The van der Waals surface area contributed by atoms with Crippen LogP contribution in [0.25, 0.3) is 11.2 Å². The molecular formula is C13H8F2N4O2. The van der Waals surface area contributed by atoms with Crippen LogP contribution in [-0.2, 0) is 6.42 Å². The first-order valence-corrected chi connectivity index (χ1v) is 5.96. The Bertz CT molecular complexity index is 847. The average molecular weight is 290 g/mol. The van der Waals surface area contributed by atoms with E-state index in [-0.39, 0.29) is 12.1 Å². The first-order valence-electron chi connectivity index (χ1n) is 5.96. The van der Waals surface area contributed by atoms with E-state index in [2.05, 4.69) is 15.0 Å². The van der Waals surface area contributed by atoms with Crippen LogP contribution in [-0.4, -0.2) is 19.9 Å². The maximum absolute atomic E-state index is 13.1. The van der Waals surface area contributed by atoms with Crippen LogP contribution >= 0.6 is 0 Å². The predicted molar refractivity (Wildman–Crippen MR) is 69.7 cm³/mol. The number of hydrogen-bond acceptors (Lipinski definition) is 4. The lowest BCUT2D eigenvalue weighted by Crippen LogP contribution is -1.93. The first kappa shape index (κ1) is 13.1. The Morgan fingerprint density at radius 3 is 2.76 bits per heavy atom. The van der Waals surface area contributed by atoms with Gasteiger partial charge in [-0.2, -0.15) is 0 Å². The molecule has 0 aliphatic carbocycles. The number of hydrogen-bond donors (Lipinski definition) is 1. The maximum atomic E-state index is 13.1. The Labute approximate surface area is 116 Å². The molecule has 0 amide bonds. The molecule has 0 radical (unpaired) electrons. The number of nitrogens with one attached hydrogen (secondary N) is 1. The number of imidazole rings is 1. The summed E-state index contributed by atoms with van der Waals surface area (Å²) < 4.78 is 26.0. The standard InChI is InChI=1S/C13H8F2N4O2/c14-9-2-1-7(3-10(9)15)4-12-17-11-5-8(19(20)21)6-16-13(11)18-12/h1-3,5-6H,4H2,(H,16,17,18). The van der Waals surface area contributed by atoms with Gasteiger partial charge in [0.05, 0.1) is 10.4 Å². The highest BCUT2D eigenvalue weighted by atomic mass is 19.2. The summed E-state index contributed by atoms with van der Waals surface area (Å²) in [5, 5.41) is 10.7. The van der Waals surface area contributed by atoms with Crippen LogP contribution in [0.5, 0.6) is 0 Å². The molecule has 0 atom stereocenters. The number of rotatable bonds is 3.